The molecule has 0 aromatic carbocycles. The maximum atomic E-state index is 12.4. The van der Waals surface area contributed by atoms with E-state index >= 15 is 0 Å². The van der Waals surface area contributed by atoms with Gasteiger partial charge < -0.3 is 10.1 Å². The monoisotopic (exact) mass is 402 g/mol. The number of anilines is 1. The lowest BCUT2D eigenvalue weighted by Crippen LogP contribution is -2.35. The van der Waals surface area contributed by atoms with Gasteiger partial charge in [0.2, 0.25) is 11.8 Å². The molecule has 9 heteroatoms. The largest absolute Gasteiger partial charge is 0.452 e. The van der Waals surface area contributed by atoms with Crippen LogP contribution in [0.25, 0.3) is 0 Å². The van der Waals surface area contributed by atoms with Crippen LogP contribution in [0, 0.1) is 11.8 Å². The van der Waals surface area contributed by atoms with Crippen molar-refractivity contribution in [1.29, 1.82) is 0 Å². The van der Waals surface area contributed by atoms with Crippen LogP contribution in [0.2, 0.25) is 0 Å². The predicted octanol–water partition coefficient (Wildman–Crippen LogP) is 1.68. The quantitative estimate of drug-likeness (QED) is 0.422. The van der Waals surface area contributed by atoms with Gasteiger partial charge >= 0.3 is 5.97 Å². The Morgan fingerprint density at radius 2 is 1.79 bits per heavy atom. The minimum atomic E-state index is -1.02. The van der Waals surface area contributed by atoms with Crippen molar-refractivity contribution >= 4 is 29.5 Å². The summed E-state index contributed by atoms with van der Waals surface area (Å²) >= 11 is 0. The number of aromatic nitrogens is 2. The third-order valence-corrected chi connectivity index (χ3v) is 5.23. The van der Waals surface area contributed by atoms with Crippen molar-refractivity contribution in [2.75, 3.05) is 11.9 Å². The number of imide groups is 1. The molecule has 1 fully saturated rings. The summed E-state index contributed by atoms with van der Waals surface area (Å²) < 4.78 is 6.81. The first kappa shape index (κ1) is 20.8. The van der Waals surface area contributed by atoms with Crippen LogP contribution >= 0.6 is 0 Å². The highest BCUT2D eigenvalue weighted by Gasteiger charge is 2.47. The summed E-state index contributed by atoms with van der Waals surface area (Å²) in [7, 11) is 0. The van der Waals surface area contributed by atoms with Crippen molar-refractivity contribution in [3.63, 3.8) is 0 Å². The first-order valence-corrected chi connectivity index (χ1v) is 9.83. The van der Waals surface area contributed by atoms with Crippen LogP contribution in [0.4, 0.5) is 5.82 Å². The number of nitrogens with zero attached hydrogens (tertiary/aromatic N) is 3. The zero-order valence-corrected chi connectivity index (χ0v) is 16.8. The summed E-state index contributed by atoms with van der Waals surface area (Å²) in [6.07, 6.45) is 5.34. The number of fused-ring (bicyclic) bond motifs is 1. The van der Waals surface area contributed by atoms with E-state index in [0.717, 1.165) is 4.90 Å². The Bertz CT molecular complexity index is 818. The number of esters is 1. The van der Waals surface area contributed by atoms with E-state index in [4.69, 9.17) is 4.74 Å². The fourth-order valence-electron chi connectivity index (χ4n) is 3.65. The van der Waals surface area contributed by atoms with E-state index in [1.807, 2.05) is 26.0 Å². The number of carbonyl (C=O) groups excluding carboxylic acids is 4. The van der Waals surface area contributed by atoms with Crippen LogP contribution in [0.15, 0.2) is 24.4 Å². The minimum absolute atomic E-state index is 0.0298. The van der Waals surface area contributed by atoms with E-state index in [1.165, 1.54) is 6.92 Å². The van der Waals surface area contributed by atoms with E-state index in [-0.39, 0.29) is 42.7 Å². The highest BCUT2D eigenvalue weighted by Crippen LogP contribution is 2.35. The third kappa shape index (κ3) is 4.38. The van der Waals surface area contributed by atoms with Crippen molar-refractivity contribution in [3.8, 4) is 0 Å². The van der Waals surface area contributed by atoms with Crippen LogP contribution in [0.5, 0.6) is 0 Å². The minimum Gasteiger partial charge on any atom is -0.452 e. The van der Waals surface area contributed by atoms with Crippen molar-refractivity contribution < 1.29 is 23.9 Å². The van der Waals surface area contributed by atoms with Crippen LogP contribution in [-0.4, -0.2) is 51.0 Å². The van der Waals surface area contributed by atoms with E-state index in [9.17, 15) is 19.2 Å². The molecule has 1 saturated heterocycles. The van der Waals surface area contributed by atoms with Crippen molar-refractivity contribution in [3.05, 3.63) is 24.4 Å². The second-order valence-corrected chi connectivity index (χ2v) is 7.61. The number of likely N-dealkylation sites (tertiary alicyclic amines) is 1. The molecule has 29 heavy (non-hydrogen) atoms. The molecule has 3 atom stereocenters. The van der Waals surface area contributed by atoms with Crippen molar-refractivity contribution in [1.82, 2.24) is 14.7 Å². The SMILES string of the molecule is CC(C)n1nccc1NC(=O)[C@H](C)OC(=O)CCN1C(=O)[C@H]2CC=CC[C@H]2C1=O. The normalized spacial score (nSPS) is 22.0. The lowest BCUT2D eigenvalue weighted by atomic mass is 9.85. The first-order valence-electron chi connectivity index (χ1n) is 9.83. The van der Waals surface area contributed by atoms with Gasteiger partial charge in [-0.15, -0.1) is 0 Å². The molecule has 3 rings (SSSR count). The molecule has 156 valence electrons. The molecule has 3 amide bonds. The molecular formula is C20H26N4O5. The molecule has 1 aliphatic carbocycles. The third-order valence-electron chi connectivity index (χ3n) is 5.23. The molecular weight excluding hydrogens is 376 g/mol. The standard InChI is InChI=1S/C20H26N4O5/c1-12(2)24-16(8-10-21-24)22-18(26)13(3)29-17(25)9-11-23-19(27)14-6-4-5-7-15(14)20(23)28/h4-5,8,10,12-15H,6-7,9,11H2,1-3H3,(H,22,26)/t13-,14-,15+/m0/s1. The fourth-order valence-corrected chi connectivity index (χ4v) is 3.65. The number of hydrogen-bond donors (Lipinski definition) is 1. The molecule has 0 unspecified atom stereocenters. The van der Waals surface area contributed by atoms with Gasteiger partial charge in [-0.05, 0) is 33.6 Å². The number of carbonyl (C=O) groups is 4. The first-order chi connectivity index (χ1) is 13.8. The Kier molecular flexibility index (Phi) is 6.14. The number of hydrogen-bond acceptors (Lipinski definition) is 6. The van der Waals surface area contributed by atoms with Gasteiger partial charge in [0.05, 0.1) is 24.5 Å². The smallest absolute Gasteiger partial charge is 0.308 e. The zero-order chi connectivity index (χ0) is 21.1. The van der Waals surface area contributed by atoms with Gasteiger partial charge in [-0.3, -0.25) is 24.1 Å². The van der Waals surface area contributed by atoms with Gasteiger partial charge in [0.1, 0.15) is 5.82 Å². The van der Waals surface area contributed by atoms with Gasteiger partial charge in [-0.2, -0.15) is 5.10 Å². The molecule has 9 nitrogen and oxygen atoms in total. The summed E-state index contributed by atoms with van der Waals surface area (Å²) in [6, 6.07) is 1.72. The second-order valence-electron chi connectivity index (χ2n) is 7.61. The molecule has 1 aliphatic heterocycles. The molecule has 0 spiro atoms. The molecule has 1 aromatic heterocycles. The number of ether oxygens (including phenoxy) is 1. The van der Waals surface area contributed by atoms with Gasteiger partial charge in [0.15, 0.2) is 6.10 Å². The van der Waals surface area contributed by atoms with Crippen molar-refractivity contribution in [2.24, 2.45) is 11.8 Å². The molecule has 1 aromatic rings. The predicted molar refractivity (Wildman–Crippen MR) is 103 cm³/mol. The van der Waals surface area contributed by atoms with E-state index in [0.29, 0.717) is 18.7 Å². The van der Waals surface area contributed by atoms with E-state index in [2.05, 4.69) is 10.4 Å². The second kappa shape index (κ2) is 8.59. The molecule has 2 heterocycles. The number of allylic oxidation sites excluding steroid dienone is 2. The Labute approximate surface area is 169 Å². The molecule has 1 N–H and O–H groups in total. The molecule has 0 saturated carbocycles. The molecule has 2 aliphatic rings. The topological polar surface area (TPSA) is 111 Å². The lowest BCUT2D eigenvalue weighted by molar-refractivity contribution is -0.154. The summed E-state index contributed by atoms with van der Waals surface area (Å²) in [5, 5.41) is 6.81. The highest BCUT2D eigenvalue weighted by molar-refractivity contribution is 6.05. The fraction of sp³-hybridized carbons (Fsp3) is 0.550. The Balaban J connectivity index is 1.49. The summed E-state index contributed by atoms with van der Waals surface area (Å²) in [5.41, 5.74) is 0. The van der Waals surface area contributed by atoms with Crippen molar-refractivity contribution in [2.45, 2.75) is 52.2 Å². The van der Waals surface area contributed by atoms with Crippen LogP contribution in [0.3, 0.4) is 0 Å². The maximum Gasteiger partial charge on any atom is 0.308 e. The Hall–Kier alpha value is -2.97. The van der Waals surface area contributed by atoms with E-state index in [1.54, 1.807) is 16.9 Å². The van der Waals surface area contributed by atoms with Gasteiger partial charge in [0.25, 0.3) is 5.91 Å². The van der Waals surface area contributed by atoms with Gasteiger partial charge in [0, 0.05) is 18.7 Å². The lowest BCUT2D eigenvalue weighted by Gasteiger charge is -2.17. The van der Waals surface area contributed by atoms with Crippen LogP contribution in [0.1, 0.15) is 46.1 Å². The zero-order valence-electron chi connectivity index (χ0n) is 16.8. The van der Waals surface area contributed by atoms with Crippen LogP contribution in [-0.2, 0) is 23.9 Å². The Morgan fingerprint density at radius 3 is 2.38 bits per heavy atom. The van der Waals surface area contributed by atoms with Gasteiger partial charge in [-0.1, -0.05) is 12.2 Å². The van der Waals surface area contributed by atoms with Gasteiger partial charge in [-0.25, -0.2) is 4.68 Å². The summed E-state index contributed by atoms with van der Waals surface area (Å²) in [4.78, 5) is 50.4. The molecule has 0 bridgehead atoms. The number of nitrogens with one attached hydrogen (secondary N) is 1. The maximum absolute atomic E-state index is 12.4. The summed E-state index contributed by atoms with van der Waals surface area (Å²) in [5.74, 6) is -1.71. The van der Waals surface area contributed by atoms with E-state index < -0.39 is 18.0 Å². The number of rotatable bonds is 7. The summed E-state index contributed by atoms with van der Waals surface area (Å²) in [6.45, 7) is 5.30. The highest BCUT2D eigenvalue weighted by atomic mass is 16.5. The number of amides is 3. The average Bonchev–Trinajstić information content (AvgIpc) is 3.24. The average molecular weight is 402 g/mol. The van der Waals surface area contributed by atoms with Crippen LogP contribution < -0.4 is 5.32 Å². The molecule has 0 radical (unpaired) electrons. The Morgan fingerprint density at radius 1 is 1.17 bits per heavy atom.